The Balaban J connectivity index is 1.84. The fourth-order valence-corrected chi connectivity index (χ4v) is 2.15. The molecule has 0 fully saturated rings. The quantitative estimate of drug-likeness (QED) is 0.820. The lowest BCUT2D eigenvalue weighted by atomic mass is 10.1. The van der Waals surface area contributed by atoms with Gasteiger partial charge in [-0.25, -0.2) is 4.39 Å². The van der Waals surface area contributed by atoms with Crippen molar-refractivity contribution < 1.29 is 9.18 Å². The summed E-state index contributed by atoms with van der Waals surface area (Å²) < 4.78 is 12.8. The highest BCUT2D eigenvalue weighted by atomic mass is 19.1. The molecule has 2 nitrogen and oxygen atoms in total. The van der Waals surface area contributed by atoms with Gasteiger partial charge in [-0.1, -0.05) is 42.0 Å². The largest absolute Gasteiger partial charge is 0.341 e. The van der Waals surface area contributed by atoms with Gasteiger partial charge in [0.1, 0.15) is 5.82 Å². The van der Waals surface area contributed by atoms with Crippen LogP contribution in [-0.4, -0.2) is 17.9 Å². The molecule has 1 amide bonds. The third-order valence-electron chi connectivity index (χ3n) is 3.51. The normalized spacial score (nSPS) is 10.4. The average Bonchev–Trinajstić information content (AvgIpc) is 2.48. The van der Waals surface area contributed by atoms with Crippen LogP contribution in [0.15, 0.2) is 48.5 Å². The van der Waals surface area contributed by atoms with Crippen LogP contribution >= 0.6 is 0 Å². The number of benzene rings is 2. The molecule has 2 rings (SSSR count). The Kier molecular flexibility index (Phi) is 5.09. The molecule has 0 spiro atoms. The SMILES string of the molecule is Cc1ccc(CCC(=O)N(C)Cc2ccc(F)cc2)cc1. The zero-order valence-corrected chi connectivity index (χ0v) is 12.5. The van der Waals surface area contributed by atoms with Crippen molar-refractivity contribution in [3.05, 3.63) is 71.0 Å². The van der Waals surface area contributed by atoms with Crippen molar-refractivity contribution >= 4 is 5.91 Å². The summed E-state index contributed by atoms with van der Waals surface area (Å²) in [5.41, 5.74) is 3.32. The number of carbonyl (C=O) groups excluding carboxylic acids is 1. The van der Waals surface area contributed by atoms with Gasteiger partial charge in [-0.2, -0.15) is 0 Å². The predicted octanol–water partition coefficient (Wildman–Crippen LogP) is 3.73. The molecular weight excluding hydrogens is 265 g/mol. The molecule has 0 N–H and O–H groups in total. The Hall–Kier alpha value is -2.16. The summed E-state index contributed by atoms with van der Waals surface area (Å²) in [5.74, 6) is -0.160. The van der Waals surface area contributed by atoms with Gasteiger partial charge in [-0.05, 0) is 36.6 Å². The molecule has 0 bridgehead atoms. The number of halogens is 1. The Morgan fingerprint density at radius 1 is 1.00 bits per heavy atom. The molecular formula is C18H20FNO. The van der Waals surface area contributed by atoms with Crippen LogP contribution in [0.25, 0.3) is 0 Å². The number of amides is 1. The first-order valence-corrected chi connectivity index (χ1v) is 7.08. The molecule has 3 heteroatoms. The number of nitrogens with zero attached hydrogens (tertiary/aromatic N) is 1. The van der Waals surface area contributed by atoms with Crippen LogP contribution in [0.3, 0.4) is 0 Å². The van der Waals surface area contributed by atoms with Gasteiger partial charge in [-0.3, -0.25) is 4.79 Å². The van der Waals surface area contributed by atoms with Crippen molar-refractivity contribution in [3.8, 4) is 0 Å². The van der Waals surface area contributed by atoms with Gasteiger partial charge in [-0.15, -0.1) is 0 Å². The van der Waals surface area contributed by atoms with Gasteiger partial charge in [0, 0.05) is 20.0 Å². The van der Waals surface area contributed by atoms with Crippen molar-refractivity contribution in [2.75, 3.05) is 7.05 Å². The number of aryl methyl sites for hydroxylation is 2. The number of rotatable bonds is 5. The highest BCUT2D eigenvalue weighted by Crippen LogP contribution is 2.09. The van der Waals surface area contributed by atoms with E-state index in [0.717, 1.165) is 12.0 Å². The molecule has 0 unspecified atom stereocenters. The molecule has 2 aromatic rings. The molecule has 110 valence electrons. The Bertz CT molecular complexity index is 590. The fraction of sp³-hybridized carbons (Fsp3) is 0.278. The van der Waals surface area contributed by atoms with Crippen LogP contribution in [0.5, 0.6) is 0 Å². The van der Waals surface area contributed by atoms with Gasteiger partial charge in [0.25, 0.3) is 0 Å². The summed E-state index contributed by atoms with van der Waals surface area (Å²) in [4.78, 5) is 13.8. The zero-order chi connectivity index (χ0) is 15.2. The van der Waals surface area contributed by atoms with E-state index >= 15 is 0 Å². The molecule has 2 aromatic carbocycles. The smallest absolute Gasteiger partial charge is 0.222 e. The Morgan fingerprint density at radius 2 is 1.57 bits per heavy atom. The predicted molar refractivity (Wildman–Crippen MR) is 82.4 cm³/mol. The topological polar surface area (TPSA) is 20.3 Å². The highest BCUT2D eigenvalue weighted by molar-refractivity contribution is 5.76. The molecule has 0 aromatic heterocycles. The monoisotopic (exact) mass is 285 g/mol. The van der Waals surface area contributed by atoms with Gasteiger partial charge >= 0.3 is 0 Å². The van der Waals surface area contributed by atoms with E-state index in [1.807, 2.05) is 6.92 Å². The van der Waals surface area contributed by atoms with E-state index < -0.39 is 0 Å². The molecule has 0 saturated carbocycles. The van der Waals surface area contributed by atoms with E-state index in [-0.39, 0.29) is 11.7 Å². The first kappa shape index (κ1) is 15.2. The minimum atomic E-state index is -0.257. The van der Waals surface area contributed by atoms with Crippen molar-refractivity contribution in [2.24, 2.45) is 0 Å². The van der Waals surface area contributed by atoms with E-state index in [1.165, 1.54) is 23.3 Å². The second-order valence-electron chi connectivity index (χ2n) is 5.36. The molecule has 0 aliphatic rings. The Morgan fingerprint density at radius 3 is 2.19 bits per heavy atom. The molecule has 0 aliphatic carbocycles. The lowest BCUT2D eigenvalue weighted by Crippen LogP contribution is -2.26. The minimum absolute atomic E-state index is 0.0971. The van der Waals surface area contributed by atoms with Gasteiger partial charge < -0.3 is 4.90 Å². The van der Waals surface area contributed by atoms with E-state index in [1.54, 1.807) is 24.1 Å². The summed E-state index contributed by atoms with van der Waals surface area (Å²) in [6.07, 6.45) is 1.23. The summed E-state index contributed by atoms with van der Waals surface area (Å²) >= 11 is 0. The third kappa shape index (κ3) is 4.71. The van der Waals surface area contributed by atoms with Crippen molar-refractivity contribution in [3.63, 3.8) is 0 Å². The first-order valence-electron chi connectivity index (χ1n) is 7.08. The summed E-state index contributed by atoms with van der Waals surface area (Å²) in [6, 6.07) is 14.5. The Labute approximate surface area is 125 Å². The van der Waals surface area contributed by atoms with Crippen LogP contribution in [0.2, 0.25) is 0 Å². The second kappa shape index (κ2) is 7.02. The van der Waals surface area contributed by atoms with E-state index in [4.69, 9.17) is 0 Å². The van der Waals surface area contributed by atoms with E-state index in [0.29, 0.717) is 13.0 Å². The van der Waals surface area contributed by atoms with Crippen molar-refractivity contribution in [1.29, 1.82) is 0 Å². The molecule has 0 atom stereocenters. The molecule has 21 heavy (non-hydrogen) atoms. The fourth-order valence-electron chi connectivity index (χ4n) is 2.15. The lowest BCUT2D eigenvalue weighted by molar-refractivity contribution is -0.130. The average molecular weight is 285 g/mol. The summed E-state index contributed by atoms with van der Waals surface area (Å²) in [5, 5.41) is 0. The van der Waals surface area contributed by atoms with E-state index in [9.17, 15) is 9.18 Å². The second-order valence-corrected chi connectivity index (χ2v) is 5.36. The standard InChI is InChI=1S/C18H20FNO/c1-14-3-5-15(6-4-14)9-12-18(21)20(2)13-16-7-10-17(19)11-8-16/h3-8,10-11H,9,12-13H2,1-2H3. The maximum atomic E-state index is 12.8. The summed E-state index contributed by atoms with van der Waals surface area (Å²) in [6.45, 7) is 2.55. The number of carbonyl (C=O) groups is 1. The number of hydrogen-bond acceptors (Lipinski definition) is 1. The van der Waals surface area contributed by atoms with Gasteiger partial charge in [0.2, 0.25) is 5.91 Å². The van der Waals surface area contributed by atoms with Crippen LogP contribution < -0.4 is 0 Å². The minimum Gasteiger partial charge on any atom is -0.341 e. The van der Waals surface area contributed by atoms with Crippen molar-refractivity contribution in [2.45, 2.75) is 26.3 Å². The number of hydrogen-bond donors (Lipinski definition) is 0. The van der Waals surface area contributed by atoms with Crippen LogP contribution in [0.1, 0.15) is 23.1 Å². The summed E-state index contributed by atoms with van der Waals surface area (Å²) in [7, 11) is 1.78. The lowest BCUT2D eigenvalue weighted by Gasteiger charge is -2.17. The van der Waals surface area contributed by atoms with Crippen LogP contribution in [0, 0.1) is 12.7 Å². The molecule has 0 aliphatic heterocycles. The van der Waals surface area contributed by atoms with Crippen LogP contribution in [0.4, 0.5) is 4.39 Å². The maximum Gasteiger partial charge on any atom is 0.222 e. The van der Waals surface area contributed by atoms with Crippen molar-refractivity contribution in [1.82, 2.24) is 4.90 Å². The first-order chi connectivity index (χ1) is 10.0. The van der Waals surface area contributed by atoms with Gasteiger partial charge in [0.05, 0.1) is 0 Å². The van der Waals surface area contributed by atoms with E-state index in [2.05, 4.69) is 24.3 Å². The molecule has 0 heterocycles. The molecule has 0 saturated heterocycles. The maximum absolute atomic E-state index is 12.8. The zero-order valence-electron chi connectivity index (χ0n) is 12.5. The van der Waals surface area contributed by atoms with Gasteiger partial charge in [0.15, 0.2) is 0 Å². The third-order valence-corrected chi connectivity index (χ3v) is 3.51. The molecule has 0 radical (unpaired) electrons. The highest BCUT2D eigenvalue weighted by Gasteiger charge is 2.09. The van der Waals surface area contributed by atoms with Crippen LogP contribution in [-0.2, 0) is 17.8 Å².